The minimum Gasteiger partial charge on any atom is -0.396 e. The Hall–Kier alpha value is -0.120. The third kappa shape index (κ3) is 4.96. The molecule has 3 nitrogen and oxygen atoms in total. The summed E-state index contributed by atoms with van der Waals surface area (Å²) in [4.78, 5) is 2.52. The van der Waals surface area contributed by atoms with Crippen molar-refractivity contribution in [2.45, 2.75) is 26.7 Å². The van der Waals surface area contributed by atoms with Gasteiger partial charge in [-0.15, -0.1) is 0 Å². The average molecular weight is 214 g/mol. The lowest BCUT2D eigenvalue weighted by Gasteiger charge is -2.31. The van der Waals surface area contributed by atoms with Gasteiger partial charge in [-0.1, -0.05) is 13.8 Å². The number of hydrogen-bond acceptors (Lipinski definition) is 3. The second-order valence-corrected chi connectivity index (χ2v) is 4.82. The highest BCUT2D eigenvalue weighted by molar-refractivity contribution is 4.73. The van der Waals surface area contributed by atoms with Crippen LogP contribution in [-0.4, -0.2) is 49.3 Å². The summed E-state index contributed by atoms with van der Waals surface area (Å²) in [6, 6.07) is 0. The molecular formula is C12H26N2O. The topological polar surface area (TPSA) is 35.5 Å². The summed E-state index contributed by atoms with van der Waals surface area (Å²) in [6.45, 7) is 10.4. The maximum Gasteiger partial charge on any atom is 0.0468 e. The van der Waals surface area contributed by atoms with E-state index in [4.69, 9.17) is 5.11 Å². The Kier molecular flexibility index (Phi) is 6.22. The van der Waals surface area contributed by atoms with Gasteiger partial charge >= 0.3 is 0 Å². The summed E-state index contributed by atoms with van der Waals surface area (Å²) in [6.07, 6.45) is 2.66. The van der Waals surface area contributed by atoms with E-state index in [2.05, 4.69) is 24.1 Å². The lowest BCUT2D eigenvalue weighted by Crippen LogP contribution is -2.38. The van der Waals surface area contributed by atoms with E-state index in [9.17, 15) is 0 Å². The van der Waals surface area contributed by atoms with Crippen LogP contribution in [0, 0.1) is 11.8 Å². The van der Waals surface area contributed by atoms with E-state index in [1.54, 1.807) is 0 Å². The number of aliphatic hydroxyl groups excluding tert-OH is 1. The van der Waals surface area contributed by atoms with E-state index in [1.807, 2.05) is 0 Å². The van der Waals surface area contributed by atoms with Gasteiger partial charge in [0.25, 0.3) is 0 Å². The van der Waals surface area contributed by atoms with Crippen LogP contribution in [-0.2, 0) is 0 Å². The summed E-state index contributed by atoms with van der Waals surface area (Å²) < 4.78 is 0. The van der Waals surface area contributed by atoms with Crippen LogP contribution in [0.25, 0.3) is 0 Å². The number of likely N-dealkylation sites (tertiary alicyclic amines) is 1. The van der Waals surface area contributed by atoms with Gasteiger partial charge in [0.05, 0.1) is 0 Å². The van der Waals surface area contributed by atoms with E-state index in [0.29, 0.717) is 12.5 Å². The molecule has 3 heteroatoms. The molecule has 0 bridgehead atoms. The summed E-state index contributed by atoms with van der Waals surface area (Å²) in [7, 11) is 0. The molecule has 1 aliphatic rings. The van der Waals surface area contributed by atoms with Gasteiger partial charge in [0.15, 0.2) is 0 Å². The van der Waals surface area contributed by atoms with Crippen molar-refractivity contribution in [3.05, 3.63) is 0 Å². The van der Waals surface area contributed by atoms with Crippen LogP contribution in [0.1, 0.15) is 26.7 Å². The molecule has 0 aliphatic carbocycles. The van der Waals surface area contributed by atoms with Gasteiger partial charge in [-0.2, -0.15) is 0 Å². The monoisotopic (exact) mass is 214 g/mol. The average Bonchev–Trinajstić information content (AvgIpc) is 2.29. The van der Waals surface area contributed by atoms with Crippen molar-refractivity contribution in [3.8, 4) is 0 Å². The smallest absolute Gasteiger partial charge is 0.0468 e. The van der Waals surface area contributed by atoms with Crippen molar-refractivity contribution in [1.82, 2.24) is 10.2 Å². The van der Waals surface area contributed by atoms with Crippen molar-refractivity contribution in [2.75, 3.05) is 39.3 Å². The first-order valence-electron chi connectivity index (χ1n) is 6.30. The molecule has 1 rings (SSSR count). The molecule has 90 valence electrons. The molecule has 1 aliphatic heterocycles. The Morgan fingerprint density at radius 2 is 2.07 bits per heavy atom. The standard InChI is InChI=1S/C12H26N2O/c1-3-14-6-4-12(5-7-14)9-13-8-11(2)10-15/h11-13,15H,3-10H2,1-2H3. The van der Waals surface area contributed by atoms with Crippen molar-refractivity contribution in [2.24, 2.45) is 11.8 Å². The number of nitrogens with one attached hydrogen (secondary N) is 1. The van der Waals surface area contributed by atoms with Crippen molar-refractivity contribution in [1.29, 1.82) is 0 Å². The molecule has 0 aromatic heterocycles. The molecule has 1 atom stereocenters. The molecule has 0 aromatic carbocycles. The summed E-state index contributed by atoms with van der Waals surface area (Å²) in [5.74, 6) is 1.24. The van der Waals surface area contributed by atoms with Gasteiger partial charge < -0.3 is 15.3 Å². The molecule has 0 amide bonds. The lowest BCUT2D eigenvalue weighted by molar-refractivity contribution is 0.185. The predicted octanol–water partition coefficient (Wildman–Crippen LogP) is 0.936. The van der Waals surface area contributed by atoms with Crippen LogP contribution in [0.2, 0.25) is 0 Å². The third-order valence-electron chi connectivity index (χ3n) is 3.39. The number of piperidine rings is 1. The SMILES string of the molecule is CCN1CCC(CNCC(C)CO)CC1. The Balaban J connectivity index is 2.03. The third-order valence-corrected chi connectivity index (χ3v) is 3.39. The molecule has 15 heavy (non-hydrogen) atoms. The van der Waals surface area contributed by atoms with Gasteiger partial charge in [-0.3, -0.25) is 0 Å². The highest BCUT2D eigenvalue weighted by atomic mass is 16.3. The van der Waals surface area contributed by atoms with Gasteiger partial charge in [-0.05, 0) is 57.4 Å². The van der Waals surface area contributed by atoms with E-state index >= 15 is 0 Å². The summed E-state index contributed by atoms with van der Waals surface area (Å²) in [5, 5.41) is 12.4. The fraction of sp³-hybridized carbons (Fsp3) is 1.00. The molecule has 0 radical (unpaired) electrons. The zero-order chi connectivity index (χ0) is 11.1. The Morgan fingerprint density at radius 3 is 2.60 bits per heavy atom. The zero-order valence-electron chi connectivity index (χ0n) is 10.2. The van der Waals surface area contributed by atoms with Gasteiger partial charge in [0, 0.05) is 6.61 Å². The summed E-state index contributed by atoms with van der Waals surface area (Å²) >= 11 is 0. The van der Waals surface area contributed by atoms with Crippen LogP contribution >= 0.6 is 0 Å². The number of aliphatic hydroxyl groups is 1. The maximum absolute atomic E-state index is 8.89. The number of hydrogen-bond donors (Lipinski definition) is 2. The Labute approximate surface area is 93.9 Å². The van der Waals surface area contributed by atoms with Gasteiger partial charge in [-0.25, -0.2) is 0 Å². The molecule has 1 fully saturated rings. The number of nitrogens with zero attached hydrogens (tertiary/aromatic N) is 1. The highest BCUT2D eigenvalue weighted by Gasteiger charge is 2.17. The molecule has 1 unspecified atom stereocenters. The molecule has 0 spiro atoms. The second-order valence-electron chi connectivity index (χ2n) is 4.82. The van der Waals surface area contributed by atoms with Crippen LogP contribution in [0.15, 0.2) is 0 Å². The van der Waals surface area contributed by atoms with Crippen molar-refractivity contribution < 1.29 is 5.11 Å². The number of rotatable bonds is 6. The van der Waals surface area contributed by atoms with Crippen molar-refractivity contribution >= 4 is 0 Å². The molecule has 2 N–H and O–H groups in total. The zero-order valence-corrected chi connectivity index (χ0v) is 10.2. The van der Waals surface area contributed by atoms with Gasteiger partial charge in [0.2, 0.25) is 0 Å². The highest BCUT2D eigenvalue weighted by Crippen LogP contribution is 2.15. The minimum absolute atomic E-state index is 0.293. The van der Waals surface area contributed by atoms with Crippen LogP contribution in [0.5, 0.6) is 0 Å². The van der Waals surface area contributed by atoms with Crippen LogP contribution in [0.3, 0.4) is 0 Å². The molecule has 1 heterocycles. The molecule has 0 saturated carbocycles. The second kappa shape index (κ2) is 7.20. The maximum atomic E-state index is 8.89. The fourth-order valence-corrected chi connectivity index (χ4v) is 2.11. The van der Waals surface area contributed by atoms with E-state index in [-0.39, 0.29) is 0 Å². The molecular weight excluding hydrogens is 188 g/mol. The van der Waals surface area contributed by atoms with Crippen LogP contribution < -0.4 is 5.32 Å². The first-order chi connectivity index (χ1) is 7.26. The Morgan fingerprint density at radius 1 is 1.40 bits per heavy atom. The largest absolute Gasteiger partial charge is 0.396 e. The van der Waals surface area contributed by atoms with E-state index in [0.717, 1.165) is 19.0 Å². The summed E-state index contributed by atoms with van der Waals surface area (Å²) in [5.41, 5.74) is 0. The van der Waals surface area contributed by atoms with Crippen LogP contribution in [0.4, 0.5) is 0 Å². The minimum atomic E-state index is 0.293. The molecule has 0 aromatic rings. The first kappa shape index (κ1) is 12.9. The first-order valence-corrected chi connectivity index (χ1v) is 6.30. The lowest BCUT2D eigenvalue weighted by atomic mass is 9.96. The van der Waals surface area contributed by atoms with Crippen molar-refractivity contribution in [3.63, 3.8) is 0 Å². The van der Waals surface area contributed by atoms with E-state index in [1.165, 1.54) is 32.5 Å². The van der Waals surface area contributed by atoms with E-state index < -0.39 is 0 Å². The quantitative estimate of drug-likeness (QED) is 0.690. The van der Waals surface area contributed by atoms with Gasteiger partial charge in [0.1, 0.15) is 0 Å². The predicted molar refractivity (Wildman–Crippen MR) is 64.0 cm³/mol. The fourth-order valence-electron chi connectivity index (χ4n) is 2.11. The Bertz CT molecular complexity index is 156. The normalized spacial score (nSPS) is 21.8. The molecule has 1 saturated heterocycles.